The third kappa shape index (κ3) is 6.70. The Labute approximate surface area is 119 Å². The topological polar surface area (TPSA) is 27.7 Å². The summed E-state index contributed by atoms with van der Waals surface area (Å²) in [5.41, 5.74) is 0. The Morgan fingerprint density at radius 2 is 2.05 bits per heavy atom. The first kappa shape index (κ1) is 16.9. The van der Waals surface area contributed by atoms with Gasteiger partial charge in [0, 0.05) is 39.3 Å². The van der Waals surface area contributed by atoms with E-state index in [9.17, 15) is 0 Å². The van der Waals surface area contributed by atoms with E-state index >= 15 is 0 Å². The Hall–Kier alpha value is -0.160. The van der Waals surface area contributed by atoms with Gasteiger partial charge in [0.2, 0.25) is 0 Å². The number of likely N-dealkylation sites (N-methyl/N-ethyl adjacent to an activating group) is 1. The van der Waals surface area contributed by atoms with Gasteiger partial charge in [-0.2, -0.15) is 0 Å². The molecule has 0 saturated carbocycles. The molecule has 0 aliphatic carbocycles. The van der Waals surface area contributed by atoms with Crippen LogP contribution in [0.1, 0.15) is 33.1 Å². The number of nitrogens with zero attached hydrogens (tertiary/aromatic N) is 2. The maximum atomic E-state index is 5.08. The second-order valence-corrected chi connectivity index (χ2v) is 5.41. The second kappa shape index (κ2) is 10.6. The highest BCUT2D eigenvalue weighted by atomic mass is 16.5. The summed E-state index contributed by atoms with van der Waals surface area (Å²) in [7, 11) is 1.76. The summed E-state index contributed by atoms with van der Waals surface area (Å²) >= 11 is 0. The number of methoxy groups -OCH3 is 1. The molecule has 0 bridgehead atoms. The van der Waals surface area contributed by atoms with E-state index in [1.807, 2.05) is 0 Å². The van der Waals surface area contributed by atoms with Crippen molar-refractivity contribution in [2.24, 2.45) is 0 Å². The highest BCUT2D eigenvalue weighted by molar-refractivity contribution is 4.79. The largest absolute Gasteiger partial charge is 0.383 e. The van der Waals surface area contributed by atoms with Crippen LogP contribution in [-0.2, 0) is 4.74 Å². The maximum Gasteiger partial charge on any atom is 0.0587 e. The van der Waals surface area contributed by atoms with E-state index in [2.05, 4.69) is 29.0 Å². The van der Waals surface area contributed by atoms with Gasteiger partial charge in [0.15, 0.2) is 0 Å². The predicted octanol–water partition coefficient (Wildman–Crippen LogP) is 1.42. The summed E-state index contributed by atoms with van der Waals surface area (Å²) in [6.07, 6.45) is 4.10. The Kier molecular flexibility index (Phi) is 9.43. The van der Waals surface area contributed by atoms with E-state index in [4.69, 9.17) is 4.74 Å². The Bertz CT molecular complexity index is 210. The summed E-state index contributed by atoms with van der Waals surface area (Å²) in [5, 5.41) is 3.52. The van der Waals surface area contributed by atoms with Crippen molar-refractivity contribution in [2.75, 3.05) is 59.5 Å². The quantitative estimate of drug-likeness (QED) is 0.608. The molecule has 0 spiro atoms. The lowest BCUT2D eigenvalue weighted by Crippen LogP contribution is -2.48. The molecule has 0 radical (unpaired) electrons. The van der Waals surface area contributed by atoms with Crippen LogP contribution in [0.2, 0.25) is 0 Å². The molecule has 1 saturated heterocycles. The van der Waals surface area contributed by atoms with Gasteiger partial charge in [0.1, 0.15) is 0 Å². The monoisotopic (exact) mass is 271 g/mol. The number of hydrogen-bond donors (Lipinski definition) is 1. The number of piperidine rings is 1. The molecule has 0 aromatic heterocycles. The number of ether oxygens (including phenoxy) is 1. The number of rotatable bonds is 10. The van der Waals surface area contributed by atoms with Gasteiger partial charge in [-0.05, 0) is 32.5 Å². The molecule has 1 rings (SSSR count). The van der Waals surface area contributed by atoms with Crippen molar-refractivity contribution in [3.8, 4) is 0 Å². The molecule has 0 aromatic rings. The van der Waals surface area contributed by atoms with E-state index < -0.39 is 0 Å². The third-order valence-corrected chi connectivity index (χ3v) is 4.21. The number of likely N-dealkylation sites (tertiary alicyclic amines) is 1. The van der Waals surface area contributed by atoms with Crippen molar-refractivity contribution in [1.82, 2.24) is 15.1 Å². The molecular weight excluding hydrogens is 238 g/mol. The molecule has 1 aliphatic rings. The van der Waals surface area contributed by atoms with Gasteiger partial charge in [-0.15, -0.1) is 0 Å². The molecule has 4 heteroatoms. The van der Waals surface area contributed by atoms with E-state index in [1.165, 1.54) is 52.0 Å². The molecule has 1 aliphatic heterocycles. The highest BCUT2D eigenvalue weighted by Gasteiger charge is 2.21. The van der Waals surface area contributed by atoms with Crippen LogP contribution in [0.3, 0.4) is 0 Å². The van der Waals surface area contributed by atoms with Crippen LogP contribution in [0.25, 0.3) is 0 Å². The standard InChI is InChI=1S/C15H33N3O/c1-4-17(5-2)11-12-18-10-7-6-8-15(18)14-16-9-13-19-3/h15-16H,4-14H2,1-3H3. The van der Waals surface area contributed by atoms with Crippen LogP contribution in [0.15, 0.2) is 0 Å². The normalized spacial score (nSPS) is 21.2. The van der Waals surface area contributed by atoms with E-state index in [0.29, 0.717) is 0 Å². The van der Waals surface area contributed by atoms with Gasteiger partial charge in [-0.1, -0.05) is 20.3 Å². The second-order valence-electron chi connectivity index (χ2n) is 5.41. The molecule has 0 aromatic carbocycles. The molecule has 4 nitrogen and oxygen atoms in total. The fourth-order valence-electron chi connectivity index (χ4n) is 2.84. The van der Waals surface area contributed by atoms with Crippen molar-refractivity contribution >= 4 is 0 Å². The molecule has 0 amide bonds. The summed E-state index contributed by atoms with van der Waals surface area (Å²) < 4.78 is 5.08. The predicted molar refractivity (Wildman–Crippen MR) is 81.7 cm³/mol. The van der Waals surface area contributed by atoms with E-state index in [0.717, 1.165) is 25.7 Å². The summed E-state index contributed by atoms with van der Waals surface area (Å²) in [6.45, 7) is 13.4. The lowest BCUT2D eigenvalue weighted by molar-refractivity contribution is 0.123. The Morgan fingerprint density at radius 1 is 1.26 bits per heavy atom. The minimum Gasteiger partial charge on any atom is -0.383 e. The lowest BCUT2D eigenvalue weighted by atomic mass is 10.0. The van der Waals surface area contributed by atoms with Crippen molar-refractivity contribution < 1.29 is 4.74 Å². The number of nitrogens with one attached hydrogen (secondary N) is 1. The maximum absolute atomic E-state index is 5.08. The van der Waals surface area contributed by atoms with Crippen molar-refractivity contribution in [3.05, 3.63) is 0 Å². The average molecular weight is 271 g/mol. The van der Waals surface area contributed by atoms with Crippen LogP contribution in [-0.4, -0.2) is 75.4 Å². The van der Waals surface area contributed by atoms with Gasteiger partial charge in [0.05, 0.1) is 6.61 Å². The van der Waals surface area contributed by atoms with Crippen LogP contribution < -0.4 is 5.32 Å². The molecule has 1 N–H and O–H groups in total. The van der Waals surface area contributed by atoms with Crippen LogP contribution in [0, 0.1) is 0 Å². The molecular formula is C15H33N3O. The Morgan fingerprint density at radius 3 is 2.74 bits per heavy atom. The summed E-state index contributed by atoms with van der Waals surface area (Å²) in [6, 6.07) is 0.723. The SMILES string of the molecule is CCN(CC)CCN1CCCCC1CNCCOC. The van der Waals surface area contributed by atoms with E-state index in [-0.39, 0.29) is 0 Å². The lowest BCUT2D eigenvalue weighted by Gasteiger charge is -2.37. The summed E-state index contributed by atoms with van der Waals surface area (Å²) in [4.78, 5) is 5.20. The van der Waals surface area contributed by atoms with Gasteiger partial charge in [-0.3, -0.25) is 4.90 Å². The fraction of sp³-hybridized carbons (Fsp3) is 1.00. The highest BCUT2D eigenvalue weighted by Crippen LogP contribution is 2.16. The zero-order valence-electron chi connectivity index (χ0n) is 13.2. The van der Waals surface area contributed by atoms with Crippen LogP contribution in [0.5, 0.6) is 0 Å². The van der Waals surface area contributed by atoms with Gasteiger partial charge < -0.3 is 15.0 Å². The van der Waals surface area contributed by atoms with Gasteiger partial charge in [-0.25, -0.2) is 0 Å². The molecule has 1 unspecified atom stereocenters. The Balaban J connectivity index is 2.26. The zero-order valence-corrected chi connectivity index (χ0v) is 13.2. The molecule has 114 valence electrons. The van der Waals surface area contributed by atoms with Crippen LogP contribution in [0.4, 0.5) is 0 Å². The van der Waals surface area contributed by atoms with Crippen molar-refractivity contribution in [2.45, 2.75) is 39.2 Å². The van der Waals surface area contributed by atoms with Crippen molar-refractivity contribution in [3.63, 3.8) is 0 Å². The molecule has 1 fully saturated rings. The third-order valence-electron chi connectivity index (χ3n) is 4.21. The minimum absolute atomic E-state index is 0.723. The smallest absolute Gasteiger partial charge is 0.0587 e. The molecule has 1 atom stereocenters. The van der Waals surface area contributed by atoms with Gasteiger partial charge >= 0.3 is 0 Å². The first-order valence-electron chi connectivity index (χ1n) is 7.97. The van der Waals surface area contributed by atoms with Gasteiger partial charge in [0.25, 0.3) is 0 Å². The fourth-order valence-corrected chi connectivity index (χ4v) is 2.84. The van der Waals surface area contributed by atoms with E-state index in [1.54, 1.807) is 7.11 Å². The van der Waals surface area contributed by atoms with Crippen molar-refractivity contribution in [1.29, 1.82) is 0 Å². The summed E-state index contributed by atoms with van der Waals surface area (Å²) in [5.74, 6) is 0. The first-order chi connectivity index (χ1) is 9.31. The first-order valence-corrected chi connectivity index (χ1v) is 7.97. The molecule has 1 heterocycles. The van der Waals surface area contributed by atoms with Crippen LogP contribution >= 0.6 is 0 Å². The number of hydrogen-bond acceptors (Lipinski definition) is 4. The minimum atomic E-state index is 0.723. The average Bonchev–Trinajstić information content (AvgIpc) is 2.46. The molecule has 19 heavy (non-hydrogen) atoms. The zero-order chi connectivity index (χ0) is 13.9.